The molecule has 2 amide bonds. The maximum atomic E-state index is 14.2. The van der Waals surface area contributed by atoms with Gasteiger partial charge in [0, 0.05) is 19.0 Å². The Morgan fingerprint density at radius 1 is 0.878 bits per heavy atom. The molecule has 0 aliphatic rings. The molecule has 1 N–H and O–H groups in total. The van der Waals surface area contributed by atoms with Gasteiger partial charge in [-0.25, -0.2) is 8.42 Å². The highest BCUT2D eigenvalue weighted by molar-refractivity contribution is 7.92. The Balaban J connectivity index is 2.06. The minimum atomic E-state index is -3.80. The molecule has 0 saturated carbocycles. The van der Waals surface area contributed by atoms with Crippen LogP contribution in [0.15, 0.2) is 78.9 Å². The van der Waals surface area contributed by atoms with Crippen LogP contribution in [0, 0.1) is 6.92 Å². The molecule has 0 heterocycles. The molecular formula is C33H43N3O4S. The Morgan fingerprint density at radius 3 is 2.05 bits per heavy atom. The van der Waals surface area contributed by atoms with Crippen LogP contribution in [0.5, 0.6) is 0 Å². The van der Waals surface area contributed by atoms with Crippen molar-refractivity contribution in [3.8, 4) is 0 Å². The van der Waals surface area contributed by atoms with Gasteiger partial charge in [-0.3, -0.25) is 13.9 Å². The van der Waals surface area contributed by atoms with Crippen LogP contribution in [0.25, 0.3) is 0 Å². The number of rotatable bonds is 13. The fraction of sp³-hybridized carbons (Fsp3) is 0.394. The number of nitrogens with one attached hydrogen (secondary N) is 1. The fourth-order valence-corrected chi connectivity index (χ4v) is 5.45. The van der Waals surface area contributed by atoms with E-state index in [1.807, 2.05) is 87.5 Å². The number of sulfonamides is 1. The summed E-state index contributed by atoms with van der Waals surface area (Å²) in [6.45, 7) is 9.75. The van der Waals surface area contributed by atoms with Crippen molar-refractivity contribution in [2.75, 3.05) is 17.1 Å². The van der Waals surface area contributed by atoms with E-state index < -0.39 is 28.5 Å². The third-order valence-electron chi connectivity index (χ3n) is 7.40. The molecule has 0 aliphatic heterocycles. The summed E-state index contributed by atoms with van der Waals surface area (Å²) in [5.41, 5.74) is 4.26. The number of benzene rings is 3. The van der Waals surface area contributed by atoms with Crippen molar-refractivity contribution in [2.45, 2.75) is 72.0 Å². The van der Waals surface area contributed by atoms with Crippen LogP contribution in [0.2, 0.25) is 0 Å². The highest BCUT2D eigenvalue weighted by atomic mass is 32.2. The maximum absolute atomic E-state index is 14.2. The minimum Gasteiger partial charge on any atom is -0.352 e. The van der Waals surface area contributed by atoms with Gasteiger partial charge in [-0.15, -0.1) is 0 Å². The number of hydrogen-bond acceptors (Lipinski definition) is 4. The van der Waals surface area contributed by atoms with Crippen LogP contribution in [0.3, 0.4) is 0 Å². The lowest BCUT2D eigenvalue weighted by Gasteiger charge is -2.34. The second-order valence-electron chi connectivity index (χ2n) is 11.0. The number of anilines is 1. The van der Waals surface area contributed by atoms with Gasteiger partial charge in [0.05, 0.1) is 11.9 Å². The summed E-state index contributed by atoms with van der Waals surface area (Å²) in [5.74, 6) is -0.436. The van der Waals surface area contributed by atoms with Crippen molar-refractivity contribution in [1.29, 1.82) is 0 Å². The molecule has 0 bridgehead atoms. The molecule has 3 rings (SSSR count). The molecule has 0 aromatic heterocycles. The van der Waals surface area contributed by atoms with Crippen molar-refractivity contribution in [1.82, 2.24) is 10.2 Å². The molecule has 3 aromatic rings. The Hall–Kier alpha value is -3.65. The highest BCUT2D eigenvalue weighted by Gasteiger charge is 2.33. The number of hydrogen-bond donors (Lipinski definition) is 1. The largest absolute Gasteiger partial charge is 0.352 e. The van der Waals surface area contributed by atoms with Crippen LogP contribution < -0.4 is 9.62 Å². The molecule has 0 aliphatic carbocycles. The first kappa shape index (κ1) is 31.9. The Labute approximate surface area is 245 Å². The zero-order chi connectivity index (χ0) is 30.2. The van der Waals surface area contributed by atoms with E-state index in [9.17, 15) is 18.0 Å². The van der Waals surface area contributed by atoms with Crippen LogP contribution in [-0.4, -0.2) is 50.0 Å². The van der Waals surface area contributed by atoms with Crippen LogP contribution in [0.4, 0.5) is 5.69 Å². The molecule has 0 radical (unpaired) electrons. The van der Waals surface area contributed by atoms with Gasteiger partial charge >= 0.3 is 0 Å². The molecule has 2 atom stereocenters. The van der Waals surface area contributed by atoms with Crippen LogP contribution >= 0.6 is 0 Å². The quantitative estimate of drug-likeness (QED) is 0.293. The average molecular weight is 578 g/mol. The number of aryl methyl sites for hydroxylation is 1. The lowest BCUT2D eigenvalue weighted by molar-refractivity contribution is -0.140. The average Bonchev–Trinajstić information content (AvgIpc) is 2.94. The predicted molar refractivity (Wildman–Crippen MR) is 166 cm³/mol. The van der Waals surface area contributed by atoms with E-state index in [0.29, 0.717) is 12.1 Å². The van der Waals surface area contributed by atoms with E-state index in [4.69, 9.17) is 0 Å². The molecule has 0 spiro atoms. The standard InChI is InChI=1S/C33H43N3O4S/c1-7-26(5)34-33(38)31(21-27-14-9-8-10-15-27)35(22-29-16-12-11-13-25(29)4)32(37)23-36(41(6,39)40)30-19-17-28(18-20-30)24(2)3/h8-20,24,26,31H,7,21-23H2,1-6H3,(H,34,38)/t26-,31-/m1/s1. The lowest BCUT2D eigenvalue weighted by atomic mass is 10.0. The van der Waals surface area contributed by atoms with Crippen LogP contribution in [0.1, 0.15) is 62.3 Å². The third-order valence-corrected chi connectivity index (χ3v) is 8.54. The van der Waals surface area contributed by atoms with Crippen molar-refractivity contribution >= 4 is 27.5 Å². The second kappa shape index (κ2) is 14.3. The first-order valence-electron chi connectivity index (χ1n) is 14.2. The summed E-state index contributed by atoms with van der Waals surface area (Å²) in [4.78, 5) is 29.5. The van der Waals surface area contributed by atoms with E-state index in [2.05, 4.69) is 19.2 Å². The molecule has 41 heavy (non-hydrogen) atoms. The Kier molecular flexibility index (Phi) is 11.1. The summed E-state index contributed by atoms with van der Waals surface area (Å²) >= 11 is 0. The zero-order valence-electron chi connectivity index (χ0n) is 25.0. The van der Waals surface area contributed by atoms with Crippen molar-refractivity contribution in [3.05, 3.63) is 101 Å². The molecule has 220 valence electrons. The first-order valence-corrected chi connectivity index (χ1v) is 16.0. The lowest BCUT2D eigenvalue weighted by Crippen LogP contribution is -2.54. The van der Waals surface area contributed by atoms with Gasteiger partial charge < -0.3 is 10.2 Å². The zero-order valence-corrected chi connectivity index (χ0v) is 25.8. The summed E-state index contributed by atoms with van der Waals surface area (Å²) in [6, 6.07) is 23.6. The van der Waals surface area contributed by atoms with E-state index in [1.54, 1.807) is 12.1 Å². The fourth-order valence-electron chi connectivity index (χ4n) is 4.61. The topological polar surface area (TPSA) is 86.8 Å². The Bertz CT molecular complexity index is 1410. The first-order chi connectivity index (χ1) is 19.4. The molecule has 7 nitrogen and oxygen atoms in total. The summed E-state index contributed by atoms with van der Waals surface area (Å²) in [7, 11) is -3.80. The van der Waals surface area contributed by atoms with E-state index in [-0.39, 0.29) is 24.4 Å². The predicted octanol–water partition coefficient (Wildman–Crippen LogP) is 5.44. The summed E-state index contributed by atoms with van der Waals surface area (Å²) < 4.78 is 27.1. The molecule has 0 saturated heterocycles. The van der Waals surface area contributed by atoms with Gasteiger partial charge in [0.25, 0.3) is 0 Å². The monoisotopic (exact) mass is 577 g/mol. The SMILES string of the molecule is CC[C@@H](C)NC(=O)[C@@H](Cc1ccccc1)N(Cc1ccccc1C)C(=O)CN(c1ccc(C(C)C)cc1)S(C)(=O)=O. The molecule has 0 unspecified atom stereocenters. The van der Waals surface area contributed by atoms with Gasteiger partial charge in [0.1, 0.15) is 12.6 Å². The van der Waals surface area contributed by atoms with Gasteiger partial charge in [-0.1, -0.05) is 87.5 Å². The minimum absolute atomic E-state index is 0.0804. The Morgan fingerprint density at radius 2 is 1.49 bits per heavy atom. The van der Waals surface area contributed by atoms with E-state index >= 15 is 0 Å². The maximum Gasteiger partial charge on any atom is 0.244 e. The van der Waals surface area contributed by atoms with Gasteiger partial charge in [0.15, 0.2) is 0 Å². The van der Waals surface area contributed by atoms with E-state index in [0.717, 1.165) is 39.2 Å². The second-order valence-corrected chi connectivity index (χ2v) is 12.9. The van der Waals surface area contributed by atoms with Crippen LogP contribution in [-0.2, 0) is 32.6 Å². The summed E-state index contributed by atoms with van der Waals surface area (Å²) in [6.07, 6.45) is 2.13. The normalized spacial score (nSPS) is 13.0. The van der Waals surface area contributed by atoms with Gasteiger partial charge in [-0.05, 0) is 60.6 Å². The number of amides is 2. The van der Waals surface area contributed by atoms with Gasteiger partial charge in [0.2, 0.25) is 21.8 Å². The highest BCUT2D eigenvalue weighted by Crippen LogP contribution is 2.24. The molecule has 3 aromatic carbocycles. The van der Waals surface area contributed by atoms with Crippen molar-refractivity contribution < 1.29 is 18.0 Å². The third kappa shape index (κ3) is 8.92. The van der Waals surface area contributed by atoms with Crippen molar-refractivity contribution in [2.24, 2.45) is 0 Å². The van der Waals surface area contributed by atoms with Gasteiger partial charge in [-0.2, -0.15) is 0 Å². The molecule has 8 heteroatoms. The number of carbonyl (C=O) groups excluding carboxylic acids is 2. The van der Waals surface area contributed by atoms with Crippen molar-refractivity contribution in [3.63, 3.8) is 0 Å². The summed E-state index contributed by atoms with van der Waals surface area (Å²) in [5, 5.41) is 3.05. The number of nitrogens with zero attached hydrogens (tertiary/aromatic N) is 2. The molecule has 0 fully saturated rings. The smallest absolute Gasteiger partial charge is 0.244 e. The number of carbonyl (C=O) groups is 2. The molecular weight excluding hydrogens is 534 g/mol. The van der Waals surface area contributed by atoms with E-state index in [1.165, 1.54) is 4.90 Å².